The number of hydrogen-bond donors (Lipinski definition) is 0. The number of fused-ring (bicyclic) bond motifs is 3. The molecule has 0 N–H and O–H groups in total. The number of carbonyl (C=O) groups is 1. The Morgan fingerprint density at radius 1 is 1.13 bits per heavy atom. The third kappa shape index (κ3) is 4.14. The maximum absolute atomic E-state index is 12.3. The number of ether oxygens (including phenoxy) is 2. The number of Topliss-reactive ketones (excluding diaryl/α,β-unsaturated/α-hetero) is 1. The SMILES string of the molecule is CC.COC.COc1ccc2c(c1)C(=O)C[C@H]1CCCC[C@@]21C. The number of hydrogen-bond acceptors (Lipinski definition) is 3. The molecule has 1 saturated carbocycles. The van der Waals surface area contributed by atoms with Crippen molar-refractivity contribution in [1.29, 1.82) is 0 Å². The third-order valence-corrected chi connectivity index (χ3v) is 4.97. The summed E-state index contributed by atoms with van der Waals surface area (Å²) in [6, 6.07) is 6.03. The number of benzene rings is 1. The Balaban J connectivity index is 0.000000477. The van der Waals surface area contributed by atoms with Crippen LogP contribution in [0.25, 0.3) is 0 Å². The second-order valence-electron chi connectivity index (χ2n) is 6.31. The van der Waals surface area contributed by atoms with Gasteiger partial charge in [-0.3, -0.25) is 4.79 Å². The van der Waals surface area contributed by atoms with Crippen molar-refractivity contribution < 1.29 is 14.3 Å². The molecule has 0 radical (unpaired) electrons. The van der Waals surface area contributed by atoms with Gasteiger partial charge in [0.2, 0.25) is 0 Å². The van der Waals surface area contributed by atoms with Gasteiger partial charge in [0.1, 0.15) is 5.75 Å². The Bertz CT molecular complexity index is 510. The van der Waals surface area contributed by atoms with Crippen LogP contribution in [0.2, 0.25) is 0 Å². The summed E-state index contributed by atoms with van der Waals surface area (Å²) in [5.41, 5.74) is 2.35. The lowest BCUT2D eigenvalue weighted by Gasteiger charge is -2.45. The standard InChI is InChI=1S/C16H20O2.C2H6O.C2H6/c1-16-8-4-3-5-11(16)9-15(17)13-10-12(18-2)6-7-14(13)16;1-3-2;1-2/h6-7,10-11H,3-5,8-9H2,1-2H3;1-2H3;1-2H3/t11-,16-;;/m1../s1. The zero-order chi connectivity index (χ0) is 17.5. The van der Waals surface area contributed by atoms with Gasteiger partial charge in [0.25, 0.3) is 0 Å². The Morgan fingerprint density at radius 2 is 1.78 bits per heavy atom. The highest BCUT2D eigenvalue weighted by Crippen LogP contribution is 2.50. The Morgan fingerprint density at radius 3 is 2.39 bits per heavy atom. The van der Waals surface area contributed by atoms with Crippen LogP contribution in [0.1, 0.15) is 68.8 Å². The molecule has 2 atom stereocenters. The molecule has 0 unspecified atom stereocenters. The molecule has 130 valence electrons. The van der Waals surface area contributed by atoms with E-state index >= 15 is 0 Å². The Labute approximate surface area is 141 Å². The molecule has 0 heterocycles. The third-order valence-electron chi connectivity index (χ3n) is 4.97. The predicted octanol–water partition coefficient (Wildman–Crippen LogP) is 5.02. The van der Waals surface area contributed by atoms with Crippen LogP contribution in [0.15, 0.2) is 18.2 Å². The molecule has 0 amide bonds. The number of rotatable bonds is 1. The lowest BCUT2D eigenvalue weighted by Crippen LogP contribution is -2.41. The van der Waals surface area contributed by atoms with Crippen LogP contribution < -0.4 is 4.74 Å². The van der Waals surface area contributed by atoms with Gasteiger partial charge < -0.3 is 9.47 Å². The van der Waals surface area contributed by atoms with Crippen molar-refractivity contribution in [1.82, 2.24) is 0 Å². The summed E-state index contributed by atoms with van der Waals surface area (Å²) in [5.74, 6) is 1.63. The van der Waals surface area contributed by atoms with Crippen molar-refractivity contribution in [2.24, 2.45) is 5.92 Å². The molecule has 1 fully saturated rings. The fraction of sp³-hybridized carbons (Fsp3) is 0.650. The van der Waals surface area contributed by atoms with E-state index in [2.05, 4.69) is 17.7 Å². The van der Waals surface area contributed by atoms with Crippen molar-refractivity contribution in [3.8, 4) is 5.75 Å². The van der Waals surface area contributed by atoms with Crippen molar-refractivity contribution in [2.75, 3.05) is 21.3 Å². The summed E-state index contributed by atoms with van der Waals surface area (Å²) < 4.78 is 9.50. The molecular formula is C20H32O3. The van der Waals surface area contributed by atoms with E-state index in [4.69, 9.17) is 4.74 Å². The van der Waals surface area contributed by atoms with Crippen LogP contribution in [0.5, 0.6) is 5.75 Å². The number of methoxy groups -OCH3 is 2. The Kier molecular flexibility index (Phi) is 7.77. The molecule has 0 spiro atoms. The van der Waals surface area contributed by atoms with Crippen LogP contribution in [-0.4, -0.2) is 27.1 Å². The van der Waals surface area contributed by atoms with E-state index in [1.165, 1.54) is 31.2 Å². The van der Waals surface area contributed by atoms with Crippen LogP contribution in [0.3, 0.4) is 0 Å². The minimum absolute atomic E-state index is 0.202. The number of ketones is 1. The van der Waals surface area contributed by atoms with Gasteiger partial charge in [-0.15, -0.1) is 0 Å². The maximum atomic E-state index is 12.3. The van der Waals surface area contributed by atoms with Gasteiger partial charge in [0, 0.05) is 26.2 Å². The van der Waals surface area contributed by atoms with Crippen LogP contribution in [-0.2, 0) is 10.2 Å². The first-order valence-corrected chi connectivity index (χ1v) is 8.68. The highest BCUT2D eigenvalue weighted by Gasteiger charge is 2.44. The molecule has 3 nitrogen and oxygen atoms in total. The van der Waals surface area contributed by atoms with Crippen molar-refractivity contribution in [3.63, 3.8) is 0 Å². The fourth-order valence-corrected chi connectivity index (χ4v) is 3.80. The first-order valence-electron chi connectivity index (χ1n) is 8.68. The van der Waals surface area contributed by atoms with Crippen molar-refractivity contribution in [3.05, 3.63) is 29.3 Å². The molecule has 0 saturated heterocycles. The van der Waals surface area contributed by atoms with E-state index in [0.717, 1.165) is 17.7 Å². The van der Waals surface area contributed by atoms with E-state index in [9.17, 15) is 4.79 Å². The summed E-state index contributed by atoms with van der Waals surface area (Å²) in [5, 5.41) is 0. The molecule has 1 aromatic rings. The monoisotopic (exact) mass is 320 g/mol. The first-order chi connectivity index (χ1) is 11.1. The lowest BCUT2D eigenvalue weighted by molar-refractivity contribution is 0.0859. The minimum atomic E-state index is 0.202. The zero-order valence-electron chi connectivity index (χ0n) is 15.6. The van der Waals surface area contributed by atoms with Gasteiger partial charge >= 0.3 is 0 Å². The summed E-state index contributed by atoms with van der Waals surface area (Å²) in [7, 11) is 4.90. The summed E-state index contributed by atoms with van der Waals surface area (Å²) >= 11 is 0. The van der Waals surface area contributed by atoms with Crippen LogP contribution in [0.4, 0.5) is 0 Å². The van der Waals surface area contributed by atoms with Crippen LogP contribution in [0, 0.1) is 5.92 Å². The van der Waals surface area contributed by atoms with E-state index in [1.54, 1.807) is 21.3 Å². The van der Waals surface area contributed by atoms with Gasteiger partial charge in [-0.1, -0.05) is 39.7 Å². The second-order valence-corrected chi connectivity index (χ2v) is 6.31. The van der Waals surface area contributed by atoms with E-state index in [1.807, 2.05) is 26.0 Å². The highest BCUT2D eigenvalue weighted by atomic mass is 16.5. The summed E-state index contributed by atoms with van der Waals surface area (Å²) in [4.78, 5) is 12.3. The largest absolute Gasteiger partial charge is 0.497 e. The van der Waals surface area contributed by atoms with Gasteiger partial charge in [0.05, 0.1) is 7.11 Å². The molecule has 23 heavy (non-hydrogen) atoms. The first kappa shape index (κ1) is 19.7. The lowest BCUT2D eigenvalue weighted by atomic mass is 9.58. The van der Waals surface area contributed by atoms with Gasteiger partial charge in [-0.25, -0.2) is 0 Å². The molecule has 3 rings (SSSR count). The van der Waals surface area contributed by atoms with Crippen molar-refractivity contribution >= 4 is 5.78 Å². The van der Waals surface area contributed by atoms with Crippen LogP contribution >= 0.6 is 0 Å². The molecule has 0 bridgehead atoms. The highest BCUT2D eigenvalue weighted by molar-refractivity contribution is 5.99. The molecular weight excluding hydrogens is 288 g/mol. The smallest absolute Gasteiger partial charge is 0.163 e. The summed E-state index contributed by atoms with van der Waals surface area (Å²) in [6.45, 7) is 6.34. The van der Waals surface area contributed by atoms with Crippen molar-refractivity contribution in [2.45, 2.75) is 58.3 Å². The molecule has 1 aromatic carbocycles. The Hall–Kier alpha value is -1.35. The topological polar surface area (TPSA) is 35.5 Å². The summed E-state index contributed by atoms with van der Waals surface area (Å²) in [6.07, 6.45) is 5.69. The normalized spacial score (nSPS) is 25.0. The predicted molar refractivity (Wildman–Crippen MR) is 95.5 cm³/mol. The second kappa shape index (κ2) is 9.07. The van der Waals surface area contributed by atoms with E-state index in [0.29, 0.717) is 11.7 Å². The number of carbonyl (C=O) groups excluding carboxylic acids is 1. The minimum Gasteiger partial charge on any atom is -0.497 e. The van der Waals surface area contributed by atoms with E-state index < -0.39 is 0 Å². The van der Waals surface area contributed by atoms with Gasteiger partial charge in [-0.05, 0) is 41.9 Å². The van der Waals surface area contributed by atoms with Gasteiger partial charge in [0.15, 0.2) is 5.78 Å². The maximum Gasteiger partial charge on any atom is 0.163 e. The quantitative estimate of drug-likeness (QED) is 0.729. The molecule has 2 aliphatic carbocycles. The molecule has 2 aliphatic rings. The zero-order valence-corrected chi connectivity index (χ0v) is 15.6. The fourth-order valence-electron chi connectivity index (χ4n) is 3.80. The average Bonchev–Trinajstić information content (AvgIpc) is 2.58. The van der Waals surface area contributed by atoms with E-state index in [-0.39, 0.29) is 5.41 Å². The van der Waals surface area contributed by atoms with Gasteiger partial charge in [-0.2, -0.15) is 0 Å². The molecule has 3 heteroatoms. The molecule has 0 aliphatic heterocycles. The average molecular weight is 320 g/mol. The molecule has 0 aromatic heterocycles.